The highest BCUT2D eigenvalue weighted by Gasteiger charge is 2.38. The van der Waals surface area contributed by atoms with Gasteiger partial charge in [-0.1, -0.05) is 0 Å². The highest BCUT2D eigenvalue weighted by Crippen LogP contribution is 2.28. The third-order valence-electron chi connectivity index (χ3n) is 4.44. The molecular weight excluding hydrogens is 497 g/mol. The first-order valence-electron chi connectivity index (χ1n) is 9.71. The number of nitrogens with one attached hydrogen (secondary N) is 3. The van der Waals surface area contributed by atoms with E-state index in [1.54, 1.807) is 31.2 Å². The topological polar surface area (TPSA) is 142 Å². The number of carboxylic acid groups (broad SMARTS) is 1. The number of anilines is 4. The van der Waals surface area contributed by atoms with E-state index in [9.17, 15) is 26.7 Å². The highest BCUT2D eigenvalue weighted by atomic mass is 19.4. The molecule has 2 heterocycles. The zero-order valence-electron chi connectivity index (χ0n) is 18.3. The van der Waals surface area contributed by atoms with E-state index in [0.717, 1.165) is 6.20 Å². The number of hydrogen-bond donors (Lipinski definition) is 4. The first-order valence-corrected chi connectivity index (χ1v) is 9.71. The van der Waals surface area contributed by atoms with Gasteiger partial charge in [0.05, 0.1) is 18.8 Å². The van der Waals surface area contributed by atoms with Crippen molar-refractivity contribution < 1.29 is 41.0 Å². The summed E-state index contributed by atoms with van der Waals surface area (Å²) in [7, 11) is 1.44. The van der Waals surface area contributed by atoms with E-state index in [-0.39, 0.29) is 11.8 Å². The molecule has 0 aliphatic rings. The minimum absolute atomic E-state index is 0.0528. The molecular formula is C21H16F5N5O5. The number of H-pyrrole nitrogens is 1. The van der Waals surface area contributed by atoms with E-state index in [4.69, 9.17) is 19.1 Å². The Labute approximate surface area is 197 Å². The average molecular weight is 513 g/mol. The van der Waals surface area contributed by atoms with Gasteiger partial charge in [-0.3, -0.25) is 4.98 Å². The molecule has 0 spiro atoms. The molecule has 0 fully saturated rings. The van der Waals surface area contributed by atoms with Crippen molar-refractivity contribution in [2.75, 3.05) is 17.7 Å². The second-order valence-corrected chi connectivity index (χ2v) is 6.95. The van der Waals surface area contributed by atoms with Crippen LogP contribution >= 0.6 is 0 Å². The number of aromatic amines is 1. The molecule has 4 rings (SSSR count). The first-order chi connectivity index (χ1) is 16.9. The van der Waals surface area contributed by atoms with Crippen LogP contribution < -0.4 is 21.1 Å². The second kappa shape index (κ2) is 10.3. The fraction of sp³-hybridized carbons (Fsp3) is 0.143. The Morgan fingerprint density at radius 1 is 1.11 bits per heavy atom. The van der Waals surface area contributed by atoms with Crippen LogP contribution in [0.4, 0.5) is 45.1 Å². The molecule has 0 amide bonds. The molecule has 2 aromatic heterocycles. The molecule has 2 aromatic carbocycles. The predicted octanol–water partition coefficient (Wildman–Crippen LogP) is 4.63. The van der Waals surface area contributed by atoms with Crippen molar-refractivity contribution in [3.05, 3.63) is 64.3 Å². The number of fused-ring (bicyclic) bond motifs is 1. The molecule has 4 N–H and O–H groups in total. The average Bonchev–Trinajstić information content (AvgIpc) is 3.17. The van der Waals surface area contributed by atoms with Crippen LogP contribution in [-0.2, 0) is 4.79 Å². The Morgan fingerprint density at radius 3 is 2.44 bits per heavy atom. The normalized spacial score (nSPS) is 11.0. The zero-order valence-corrected chi connectivity index (χ0v) is 18.3. The Hall–Kier alpha value is -4.69. The quantitative estimate of drug-likeness (QED) is 0.281. The van der Waals surface area contributed by atoms with Crippen LogP contribution in [0, 0.1) is 18.6 Å². The van der Waals surface area contributed by atoms with E-state index in [2.05, 4.69) is 25.6 Å². The standard InChI is InChI=1S/C19H15F2N5O3.C2HF3O2/c1-9-12(20)5-11(7-16(9)28-2)24-18-22-8-13(21)17(26-18)23-10-3-4-15-14(6-10)25-19(27)29-15;3-2(4,5)1(6)7/h3-8H,1-2H3,(H,25,27)(H2,22,23,24,26);(H,6,7). The van der Waals surface area contributed by atoms with Gasteiger partial charge in [0.25, 0.3) is 0 Å². The number of nitrogens with zero attached hydrogens (tertiary/aromatic N) is 2. The molecule has 0 saturated heterocycles. The largest absolute Gasteiger partial charge is 0.496 e. The third-order valence-corrected chi connectivity index (χ3v) is 4.44. The van der Waals surface area contributed by atoms with E-state index < -0.39 is 29.5 Å². The maximum atomic E-state index is 14.2. The van der Waals surface area contributed by atoms with Gasteiger partial charge in [0.15, 0.2) is 17.2 Å². The number of benzene rings is 2. The fourth-order valence-electron chi connectivity index (χ4n) is 2.75. The number of rotatable bonds is 5. The molecule has 10 nitrogen and oxygen atoms in total. The number of halogens is 5. The van der Waals surface area contributed by atoms with Crippen LogP contribution in [0.1, 0.15) is 5.56 Å². The monoisotopic (exact) mass is 513 g/mol. The van der Waals surface area contributed by atoms with Crippen molar-refractivity contribution in [1.29, 1.82) is 0 Å². The lowest BCUT2D eigenvalue weighted by Crippen LogP contribution is -2.21. The highest BCUT2D eigenvalue weighted by molar-refractivity contribution is 5.78. The summed E-state index contributed by atoms with van der Waals surface area (Å²) in [5, 5.41) is 12.8. The van der Waals surface area contributed by atoms with Gasteiger partial charge in [-0.15, -0.1) is 0 Å². The van der Waals surface area contributed by atoms with Gasteiger partial charge < -0.3 is 24.9 Å². The minimum Gasteiger partial charge on any atom is -0.496 e. The van der Waals surface area contributed by atoms with Gasteiger partial charge in [-0.05, 0) is 31.2 Å². The molecule has 0 atom stereocenters. The molecule has 0 unspecified atom stereocenters. The summed E-state index contributed by atoms with van der Waals surface area (Å²) in [5.74, 6) is -4.19. The molecule has 0 aliphatic carbocycles. The van der Waals surface area contributed by atoms with Crippen LogP contribution in [0.15, 0.2) is 45.7 Å². The number of ether oxygens (including phenoxy) is 1. The Kier molecular flexibility index (Phi) is 7.41. The van der Waals surface area contributed by atoms with Crippen molar-refractivity contribution in [2.45, 2.75) is 13.1 Å². The van der Waals surface area contributed by atoms with Crippen LogP contribution in [0.2, 0.25) is 0 Å². The number of oxazole rings is 1. The second-order valence-electron chi connectivity index (χ2n) is 6.95. The first kappa shape index (κ1) is 25.9. The lowest BCUT2D eigenvalue weighted by Gasteiger charge is -2.12. The van der Waals surface area contributed by atoms with Gasteiger partial charge >= 0.3 is 17.9 Å². The number of hydrogen-bond acceptors (Lipinski definition) is 8. The van der Waals surface area contributed by atoms with Crippen molar-refractivity contribution in [2.24, 2.45) is 0 Å². The van der Waals surface area contributed by atoms with Gasteiger partial charge in [0, 0.05) is 23.0 Å². The van der Waals surface area contributed by atoms with Crippen molar-refractivity contribution in [3.8, 4) is 5.75 Å². The Bertz CT molecular complexity index is 1470. The van der Waals surface area contributed by atoms with Crippen molar-refractivity contribution >= 4 is 40.2 Å². The van der Waals surface area contributed by atoms with Crippen LogP contribution in [0.25, 0.3) is 11.1 Å². The maximum absolute atomic E-state index is 14.2. The summed E-state index contributed by atoms with van der Waals surface area (Å²) in [6.07, 6.45) is -4.10. The van der Waals surface area contributed by atoms with Crippen LogP contribution in [-0.4, -0.2) is 39.3 Å². The number of aliphatic carboxylic acids is 1. The molecule has 0 radical (unpaired) electrons. The molecule has 0 bridgehead atoms. The summed E-state index contributed by atoms with van der Waals surface area (Å²) in [4.78, 5) is 30.6. The lowest BCUT2D eigenvalue weighted by molar-refractivity contribution is -0.192. The number of alkyl halides is 3. The summed E-state index contributed by atoms with van der Waals surface area (Å²) < 4.78 is 70.0. The van der Waals surface area contributed by atoms with E-state index >= 15 is 0 Å². The predicted molar refractivity (Wildman–Crippen MR) is 117 cm³/mol. The molecule has 36 heavy (non-hydrogen) atoms. The summed E-state index contributed by atoms with van der Waals surface area (Å²) in [6.45, 7) is 1.60. The maximum Gasteiger partial charge on any atom is 0.490 e. The smallest absolute Gasteiger partial charge is 0.490 e. The van der Waals surface area contributed by atoms with Gasteiger partial charge in [-0.25, -0.2) is 23.4 Å². The number of methoxy groups -OCH3 is 1. The number of aromatic nitrogens is 3. The Balaban J connectivity index is 0.000000454. The van der Waals surface area contributed by atoms with E-state index in [1.165, 1.54) is 13.2 Å². The number of carboxylic acids is 1. The molecule has 190 valence electrons. The van der Waals surface area contributed by atoms with Crippen LogP contribution in [0.3, 0.4) is 0 Å². The number of carbonyl (C=O) groups is 1. The zero-order chi connectivity index (χ0) is 26.6. The summed E-state index contributed by atoms with van der Waals surface area (Å²) >= 11 is 0. The van der Waals surface area contributed by atoms with Gasteiger partial charge in [0.2, 0.25) is 5.95 Å². The minimum atomic E-state index is -5.08. The molecule has 15 heteroatoms. The van der Waals surface area contributed by atoms with Crippen molar-refractivity contribution in [1.82, 2.24) is 15.0 Å². The molecule has 0 aliphatic heterocycles. The van der Waals surface area contributed by atoms with E-state index in [0.29, 0.717) is 33.8 Å². The molecule has 0 saturated carbocycles. The van der Waals surface area contributed by atoms with Crippen molar-refractivity contribution in [3.63, 3.8) is 0 Å². The SMILES string of the molecule is COc1cc(Nc2ncc(F)c(Nc3ccc4oc(=O)[nH]c4c3)n2)cc(F)c1C.O=C(O)C(F)(F)F. The fourth-order valence-corrected chi connectivity index (χ4v) is 2.75. The molecule has 4 aromatic rings. The summed E-state index contributed by atoms with van der Waals surface area (Å²) in [6, 6.07) is 7.60. The third kappa shape index (κ3) is 6.25. The van der Waals surface area contributed by atoms with Crippen LogP contribution in [0.5, 0.6) is 5.75 Å². The van der Waals surface area contributed by atoms with E-state index in [1.807, 2.05) is 0 Å². The van der Waals surface area contributed by atoms with Gasteiger partial charge in [0.1, 0.15) is 11.6 Å². The lowest BCUT2D eigenvalue weighted by atomic mass is 10.2. The summed E-state index contributed by atoms with van der Waals surface area (Å²) in [5.41, 5.74) is 2.02. The Morgan fingerprint density at radius 2 is 1.81 bits per heavy atom. The van der Waals surface area contributed by atoms with Gasteiger partial charge in [-0.2, -0.15) is 18.2 Å².